The average Bonchev–Trinajstić information content (AvgIpc) is 3.36. The van der Waals surface area contributed by atoms with Gasteiger partial charge in [0.1, 0.15) is 12.2 Å². The number of fused-ring (bicyclic) bond motifs is 1. The largest absolute Gasteiger partial charge is 0.379 e. The molecule has 0 aliphatic carbocycles. The van der Waals surface area contributed by atoms with Crippen LogP contribution in [-0.4, -0.2) is 54.4 Å². The molecule has 6 rings (SSSR count). The first-order chi connectivity index (χ1) is 17.7. The molecule has 2 aromatic carbocycles. The highest BCUT2D eigenvalue weighted by Gasteiger charge is 2.43. The maximum atomic E-state index is 13.8. The van der Waals surface area contributed by atoms with Gasteiger partial charge < -0.3 is 9.30 Å². The van der Waals surface area contributed by atoms with Crippen molar-refractivity contribution in [2.24, 2.45) is 13.0 Å². The lowest BCUT2D eigenvalue weighted by molar-refractivity contribution is -0.0611. The Bertz CT molecular complexity index is 1440. The molecule has 0 bridgehead atoms. The van der Waals surface area contributed by atoms with Gasteiger partial charge in [0.2, 0.25) is 0 Å². The van der Waals surface area contributed by atoms with E-state index in [-0.39, 0.29) is 12.0 Å². The molecule has 0 radical (unpaired) electrons. The van der Waals surface area contributed by atoms with Crippen molar-refractivity contribution >= 4 is 27.3 Å². The minimum atomic E-state index is -3.73. The normalized spacial score (nSPS) is 22.6. The van der Waals surface area contributed by atoms with E-state index >= 15 is 0 Å². The third-order valence-corrected chi connectivity index (χ3v) is 10.2. The molecular weight excluding hydrogens is 510 g/mol. The number of sulfonamides is 1. The Morgan fingerprint density at radius 3 is 2.76 bits per heavy atom. The second kappa shape index (κ2) is 9.38. The van der Waals surface area contributed by atoms with E-state index in [2.05, 4.69) is 22.0 Å². The number of hydrogen-bond donors (Lipinski definition) is 0. The van der Waals surface area contributed by atoms with E-state index in [9.17, 15) is 8.42 Å². The van der Waals surface area contributed by atoms with Crippen LogP contribution in [0.2, 0.25) is 5.02 Å². The summed E-state index contributed by atoms with van der Waals surface area (Å²) < 4.78 is 36.6. The summed E-state index contributed by atoms with van der Waals surface area (Å²) in [5, 5.41) is 8.78. The second-order valence-corrected chi connectivity index (χ2v) is 13.1. The molecule has 3 aromatic rings. The van der Waals surface area contributed by atoms with Crippen molar-refractivity contribution < 1.29 is 13.2 Å². The van der Waals surface area contributed by atoms with Crippen LogP contribution in [-0.2, 0) is 46.7 Å². The molecule has 2 saturated heterocycles. The summed E-state index contributed by atoms with van der Waals surface area (Å²) in [4.78, 5) is 2.72. The molecule has 0 unspecified atom stereocenters. The maximum Gasteiger partial charge on any atom is 0.265 e. The van der Waals surface area contributed by atoms with Gasteiger partial charge >= 0.3 is 0 Å². The first-order valence-electron chi connectivity index (χ1n) is 12.8. The fourth-order valence-corrected chi connectivity index (χ4v) is 7.96. The molecule has 37 heavy (non-hydrogen) atoms. The number of aryl methyl sites for hydroxylation is 1. The van der Waals surface area contributed by atoms with Gasteiger partial charge in [0, 0.05) is 42.6 Å². The van der Waals surface area contributed by atoms with Crippen LogP contribution >= 0.6 is 11.6 Å². The lowest BCUT2D eigenvalue weighted by Gasteiger charge is -2.42. The zero-order valence-corrected chi connectivity index (χ0v) is 22.8. The number of hydrogen-bond acceptors (Lipinski definition) is 6. The topological polar surface area (TPSA) is 80.6 Å². The van der Waals surface area contributed by atoms with E-state index in [1.54, 1.807) is 6.33 Å². The predicted molar refractivity (Wildman–Crippen MR) is 142 cm³/mol. The van der Waals surface area contributed by atoms with E-state index in [4.69, 9.17) is 16.3 Å². The summed E-state index contributed by atoms with van der Waals surface area (Å²) >= 11 is 6.69. The van der Waals surface area contributed by atoms with Gasteiger partial charge in [-0.15, -0.1) is 10.2 Å². The Hall–Kier alpha value is -2.46. The monoisotopic (exact) mass is 541 g/mol. The number of benzene rings is 2. The highest BCUT2D eigenvalue weighted by atomic mass is 35.5. The number of rotatable bonds is 6. The van der Waals surface area contributed by atoms with Crippen LogP contribution < -0.4 is 4.31 Å². The molecule has 10 heteroatoms. The third-order valence-electron chi connectivity index (χ3n) is 8.04. The number of anilines is 1. The number of ether oxygens (including phenoxy) is 1. The summed E-state index contributed by atoms with van der Waals surface area (Å²) in [5.41, 5.74) is 3.04. The smallest absolute Gasteiger partial charge is 0.265 e. The highest BCUT2D eigenvalue weighted by molar-refractivity contribution is 7.93. The van der Waals surface area contributed by atoms with Crippen LogP contribution in [0.5, 0.6) is 0 Å². The van der Waals surface area contributed by atoms with Crippen molar-refractivity contribution in [1.82, 2.24) is 19.7 Å². The molecule has 0 spiro atoms. The maximum absolute atomic E-state index is 13.8. The number of aromatic nitrogens is 3. The first-order valence-corrected chi connectivity index (χ1v) is 14.6. The Kier molecular flexibility index (Phi) is 6.30. The highest BCUT2D eigenvalue weighted by Crippen LogP contribution is 2.42. The minimum Gasteiger partial charge on any atom is -0.379 e. The molecule has 1 atom stereocenters. The summed E-state index contributed by atoms with van der Waals surface area (Å²) in [7, 11) is -1.80. The molecule has 196 valence electrons. The van der Waals surface area contributed by atoms with E-state index in [1.165, 1.54) is 17.1 Å². The number of halogens is 1. The van der Waals surface area contributed by atoms with Crippen molar-refractivity contribution in [3.63, 3.8) is 0 Å². The molecule has 2 fully saturated rings. The molecule has 1 aromatic heterocycles. The molecule has 4 heterocycles. The quantitative estimate of drug-likeness (QED) is 0.470. The van der Waals surface area contributed by atoms with Gasteiger partial charge in [-0.05, 0) is 60.7 Å². The summed E-state index contributed by atoms with van der Waals surface area (Å²) in [6, 6.07) is 11.6. The summed E-state index contributed by atoms with van der Waals surface area (Å²) in [6.45, 7) is 6.39. The lowest BCUT2D eigenvalue weighted by atomic mass is 9.75. The second-order valence-electron chi connectivity index (χ2n) is 10.9. The molecule has 3 aliphatic rings. The zero-order valence-electron chi connectivity index (χ0n) is 21.2. The molecule has 0 N–H and O–H groups in total. The zero-order chi connectivity index (χ0) is 25.8. The van der Waals surface area contributed by atoms with E-state index in [1.807, 2.05) is 48.0 Å². The average molecular weight is 542 g/mol. The van der Waals surface area contributed by atoms with E-state index in [0.29, 0.717) is 53.3 Å². The van der Waals surface area contributed by atoms with Crippen LogP contribution in [0.4, 0.5) is 5.69 Å². The SMILES string of the molecule is C[C@H]1CCCN(Cc2cc(Cl)c3c(c2)S(=O)(=O)N(c2cccc(C4(Cc5nncn5C)COC4)c2)C3)C1. The molecule has 8 nitrogen and oxygen atoms in total. The number of piperidine rings is 1. The van der Waals surface area contributed by atoms with Crippen LogP contribution in [0, 0.1) is 5.92 Å². The molecule has 3 aliphatic heterocycles. The standard InChI is InChI=1S/C27H32ClN5O3S/c1-19-5-4-8-32(13-19)14-20-9-24(28)23-15-33(37(34,35)25(23)10-20)22-7-3-6-21(11-22)27(16-36-17-27)12-26-30-29-18-31(26)2/h3,6-7,9-11,18-19H,4-5,8,12-17H2,1-2H3/t19-/m0/s1. The van der Waals surface area contributed by atoms with Gasteiger partial charge in [0.15, 0.2) is 0 Å². The molecule has 0 amide bonds. The fourth-order valence-electron chi connectivity index (χ4n) is 5.89. The van der Waals surface area contributed by atoms with E-state index in [0.717, 1.165) is 30.0 Å². The Morgan fingerprint density at radius 2 is 2.05 bits per heavy atom. The van der Waals surface area contributed by atoms with E-state index < -0.39 is 10.0 Å². The summed E-state index contributed by atoms with van der Waals surface area (Å²) in [6.07, 6.45) is 4.78. The van der Waals surface area contributed by atoms with Gasteiger partial charge in [0.05, 0.1) is 30.3 Å². The summed E-state index contributed by atoms with van der Waals surface area (Å²) in [5.74, 6) is 1.53. The van der Waals surface area contributed by atoms with Crippen LogP contribution in [0.1, 0.15) is 42.3 Å². The van der Waals surface area contributed by atoms with Crippen molar-refractivity contribution in [2.75, 3.05) is 30.6 Å². The lowest BCUT2D eigenvalue weighted by Crippen LogP contribution is -2.49. The van der Waals surface area contributed by atoms with Gasteiger partial charge in [-0.3, -0.25) is 9.21 Å². The van der Waals surface area contributed by atoms with Crippen molar-refractivity contribution in [3.8, 4) is 0 Å². The first kappa shape index (κ1) is 24.9. The minimum absolute atomic E-state index is 0.230. The molecular formula is C27H32ClN5O3S. The predicted octanol–water partition coefficient (Wildman–Crippen LogP) is 3.92. The van der Waals surface area contributed by atoms with Crippen LogP contribution in [0.3, 0.4) is 0 Å². The van der Waals surface area contributed by atoms with Crippen molar-refractivity contribution in [3.05, 3.63) is 70.3 Å². The Morgan fingerprint density at radius 1 is 1.22 bits per heavy atom. The Balaban J connectivity index is 1.29. The third kappa shape index (κ3) is 4.46. The number of nitrogens with zero attached hydrogens (tertiary/aromatic N) is 5. The molecule has 0 saturated carbocycles. The Labute approximate surface area is 223 Å². The van der Waals surface area contributed by atoms with Crippen molar-refractivity contribution in [2.45, 2.75) is 49.6 Å². The van der Waals surface area contributed by atoms with Gasteiger partial charge in [-0.2, -0.15) is 0 Å². The van der Waals surface area contributed by atoms with Crippen LogP contribution in [0.25, 0.3) is 0 Å². The van der Waals surface area contributed by atoms with Crippen LogP contribution in [0.15, 0.2) is 47.6 Å². The van der Waals surface area contributed by atoms with Gasteiger partial charge in [-0.1, -0.05) is 30.7 Å². The number of likely N-dealkylation sites (tertiary alicyclic amines) is 1. The van der Waals surface area contributed by atoms with Gasteiger partial charge in [-0.25, -0.2) is 8.42 Å². The van der Waals surface area contributed by atoms with Crippen molar-refractivity contribution in [1.29, 1.82) is 0 Å². The van der Waals surface area contributed by atoms with Gasteiger partial charge in [0.25, 0.3) is 10.0 Å². The fraction of sp³-hybridized carbons (Fsp3) is 0.481.